The molecule has 0 spiro atoms. The molecule has 2 atom stereocenters. The number of nitrogens with zero attached hydrogens (tertiary/aromatic N) is 5. The van der Waals surface area contributed by atoms with Crippen molar-refractivity contribution in [2.24, 2.45) is 13.0 Å². The molecule has 2 aromatic heterocycles. The molecule has 0 radical (unpaired) electrons. The number of imidazole rings is 1. The van der Waals surface area contributed by atoms with Crippen molar-refractivity contribution in [3.05, 3.63) is 35.2 Å². The Bertz CT molecular complexity index is 705. The first-order valence-corrected chi connectivity index (χ1v) is 9.41. The SMILES string of the molecule is CCCn1nc(C)c(CN2CCCC(C(O)c3nccn3C)C2)c1C. The second-order valence-electron chi connectivity index (χ2n) is 7.35. The zero-order chi connectivity index (χ0) is 18.0. The summed E-state index contributed by atoms with van der Waals surface area (Å²) in [6.45, 7) is 10.4. The molecule has 138 valence electrons. The molecule has 3 heterocycles. The van der Waals surface area contributed by atoms with E-state index >= 15 is 0 Å². The summed E-state index contributed by atoms with van der Waals surface area (Å²) < 4.78 is 4.06. The Hall–Kier alpha value is -1.66. The first-order chi connectivity index (χ1) is 12.0. The maximum Gasteiger partial charge on any atom is 0.137 e. The van der Waals surface area contributed by atoms with Crippen LogP contribution in [0.4, 0.5) is 0 Å². The molecule has 1 aliphatic rings. The molecule has 1 saturated heterocycles. The second-order valence-corrected chi connectivity index (χ2v) is 7.35. The Morgan fingerprint density at radius 3 is 2.84 bits per heavy atom. The van der Waals surface area contributed by atoms with Crippen molar-refractivity contribution in [1.82, 2.24) is 24.2 Å². The number of aliphatic hydroxyl groups excluding tert-OH is 1. The highest BCUT2D eigenvalue weighted by Crippen LogP contribution is 2.30. The molecule has 2 unspecified atom stereocenters. The van der Waals surface area contributed by atoms with Crippen molar-refractivity contribution in [2.45, 2.75) is 59.2 Å². The van der Waals surface area contributed by atoms with E-state index in [0.717, 1.165) is 57.0 Å². The predicted octanol–water partition coefficient (Wildman–Crippen LogP) is 2.59. The highest BCUT2D eigenvalue weighted by Gasteiger charge is 2.29. The van der Waals surface area contributed by atoms with E-state index in [0.29, 0.717) is 0 Å². The van der Waals surface area contributed by atoms with Crippen molar-refractivity contribution in [2.75, 3.05) is 13.1 Å². The lowest BCUT2D eigenvalue weighted by atomic mass is 9.91. The molecule has 0 bridgehead atoms. The van der Waals surface area contributed by atoms with Gasteiger partial charge in [0.15, 0.2) is 0 Å². The van der Waals surface area contributed by atoms with Gasteiger partial charge in [0.05, 0.1) is 5.69 Å². The topological polar surface area (TPSA) is 59.1 Å². The minimum absolute atomic E-state index is 0.237. The van der Waals surface area contributed by atoms with Gasteiger partial charge in [-0.3, -0.25) is 9.58 Å². The molecule has 0 saturated carbocycles. The van der Waals surface area contributed by atoms with Gasteiger partial charge in [-0.15, -0.1) is 0 Å². The number of aryl methyl sites for hydroxylation is 3. The smallest absolute Gasteiger partial charge is 0.137 e. The molecule has 1 N–H and O–H groups in total. The van der Waals surface area contributed by atoms with Gasteiger partial charge in [0, 0.05) is 56.3 Å². The molecular weight excluding hydrogens is 314 g/mol. The molecule has 0 amide bonds. The second kappa shape index (κ2) is 7.70. The number of aromatic nitrogens is 4. The van der Waals surface area contributed by atoms with Crippen molar-refractivity contribution in [3.63, 3.8) is 0 Å². The largest absolute Gasteiger partial charge is 0.385 e. The monoisotopic (exact) mass is 345 g/mol. The highest BCUT2D eigenvalue weighted by molar-refractivity contribution is 5.24. The first kappa shape index (κ1) is 18.1. The molecule has 0 aliphatic carbocycles. The van der Waals surface area contributed by atoms with Crippen LogP contribution in [0.3, 0.4) is 0 Å². The van der Waals surface area contributed by atoms with E-state index in [4.69, 9.17) is 5.10 Å². The lowest BCUT2D eigenvalue weighted by molar-refractivity contribution is 0.0403. The van der Waals surface area contributed by atoms with Crippen molar-refractivity contribution in [1.29, 1.82) is 0 Å². The van der Waals surface area contributed by atoms with Crippen LogP contribution in [0.1, 0.15) is 55.1 Å². The fourth-order valence-electron chi connectivity index (χ4n) is 3.98. The summed E-state index contributed by atoms with van der Waals surface area (Å²) in [5.41, 5.74) is 3.77. The third kappa shape index (κ3) is 3.80. The quantitative estimate of drug-likeness (QED) is 0.874. The number of likely N-dealkylation sites (tertiary alicyclic amines) is 1. The maximum atomic E-state index is 10.8. The average Bonchev–Trinajstić information content (AvgIpc) is 3.14. The van der Waals surface area contributed by atoms with Gasteiger partial charge in [-0.05, 0) is 39.7 Å². The summed E-state index contributed by atoms with van der Waals surface area (Å²) in [7, 11) is 1.95. The predicted molar refractivity (Wildman–Crippen MR) is 98.2 cm³/mol. The van der Waals surface area contributed by atoms with Crippen molar-refractivity contribution >= 4 is 0 Å². The minimum Gasteiger partial charge on any atom is -0.385 e. The van der Waals surface area contributed by atoms with Gasteiger partial charge in [-0.25, -0.2) is 4.98 Å². The summed E-state index contributed by atoms with van der Waals surface area (Å²) in [4.78, 5) is 6.80. The normalized spacial score (nSPS) is 20.1. The summed E-state index contributed by atoms with van der Waals surface area (Å²) >= 11 is 0. The van der Waals surface area contributed by atoms with Gasteiger partial charge in [-0.1, -0.05) is 6.92 Å². The van der Waals surface area contributed by atoms with E-state index in [1.165, 1.54) is 11.3 Å². The van der Waals surface area contributed by atoms with Crippen LogP contribution in [0, 0.1) is 19.8 Å². The third-order valence-corrected chi connectivity index (χ3v) is 5.46. The van der Waals surface area contributed by atoms with E-state index in [1.807, 2.05) is 17.8 Å². The zero-order valence-electron chi connectivity index (χ0n) is 15.9. The Labute approximate surface area is 150 Å². The number of rotatable bonds is 6. The van der Waals surface area contributed by atoms with Crippen LogP contribution in [0.5, 0.6) is 0 Å². The van der Waals surface area contributed by atoms with Gasteiger partial charge < -0.3 is 9.67 Å². The molecule has 2 aromatic rings. The van der Waals surface area contributed by atoms with Crippen LogP contribution in [-0.2, 0) is 20.1 Å². The van der Waals surface area contributed by atoms with Crippen LogP contribution in [0.25, 0.3) is 0 Å². The standard InChI is InChI=1S/C19H31N5O/c1-5-9-24-15(3)17(14(2)21-24)13-23-10-6-7-16(12-23)18(25)19-20-8-11-22(19)4/h8,11,16,18,25H,5-7,9-10,12-13H2,1-4H3. The zero-order valence-corrected chi connectivity index (χ0v) is 15.9. The first-order valence-electron chi connectivity index (χ1n) is 9.41. The molecule has 3 rings (SSSR count). The lowest BCUT2D eigenvalue weighted by Gasteiger charge is -2.35. The summed E-state index contributed by atoms with van der Waals surface area (Å²) in [6, 6.07) is 0. The van der Waals surface area contributed by atoms with Gasteiger partial charge >= 0.3 is 0 Å². The Morgan fingerprint density at radius 2 is 2.16 bits per heavy atom. The number of aliphatic hydroxyl groups is 1. The fraction of sp³-hybridized carbons (Fsp3) is 0.684. The molecule has 6 heteroatoms. The van der Waals surface area contributed by atoms with E-state index in [1.54, 1.807) is 6.20 Å². The van der Waals surface area contributed by atoms with Crippen LogP contribution >= 0.6 is 0 Å². The van der Waals surface area contributed by atoms with Gasteiger partial charge in [0.1, 0.15) is 11.9 Å². The molecule has 1 aliphatic heterocycles. The van der Waals surface area contributed by atoms with Gasteiger partial charge in [0.2, 0.25) is 0 Å². The van der Waals surface area contributed by atoms with E-state index < -0.39 is 6.10 Å². The van der Waals surface area contributed by atoms with Crippen molar-refractivity contribution < 1.29 is 5.11 Å². The number of piperidine rings is 1. The summed E-state index contributed by atoms with van der Waals surface area (Å²) in [6.07, 6.45) is 6.43. The van der Waals surface area contributed by atoms with Gasteiger partial charge in [-0.2, -0.15) is 5.10 Å². The van der Waals surface area contributed by atoms with Crippen LogP contribution in [0.15, 0.2) is 12.4 Å². The van der Waals surface area contributed by atoms with Crippen molar-refractivity contribution in [3.8, 4) is 0 Å². The number of hydrogen-bond acceptors (Lipinski definition) is 4. The summed E-state index contributed by atoms with van der Waals surface area (Å²) in [5.74, 6) is 1.01. The van der Waals surface area contributed by atoms with E-state index in [2.05, 4.69) is 35.3 Å². The van der Waals surface area contributed by atoms with Crippen LogP contribution in [-0.4, -0.2) is 42.4 Å². The van der Waals surface area contributed by atoms with Gasteiger partial charge in [0.25, 0.3) is 0 Å². The Morgan fingerprint density at radius 1 is 1.36 bits per heavy atom. The maximum absolute atomic E-state index is 10.8. The van der Waals surface area contributed by atoms with E-state index in [-0.39, 0.29) is 5.92 Å². The Kier molecular flexibility index (Phi) is 5.59. The lowest BCUT2D eigenvalue weighted by Crippen LogP contribution is -2.38. The molecule has 0 aromatic carbocycles. The highest BCUT2D eigenvalue weighted by atomic mass is 16.3. The molecule has 6 nitrogen and oxygen atoms in total. The minimum atomic E-state index is -0.493. The molecular formula is C19H31N5O. The molecule has 1 fully saturated rings. The fourth-order valence-corrected chi connectivity index (χ4v) is 3.98. The van der Waals surface area contributed by atoms with Crippen LogP contribution < -0.4 is 0 Å². The van der Waals surface area contributed by atoms with E-state index in [9.17, 15) is 5.11 Å². The van der Waals surface area contributed by atoms with Crippen LogP contribution in [0.2, 0.25) is 0 Å². The summed E-state index contributed by atoms with van der Waals surface area (Å²) in [5, 5.41) is 15.5. The average molecular weight is 345 g/mol. The third-order valence-electron chi connectivity index (χ3n) is 5.46. The molecule has 25 heavy (non-hydrogen) atoms. The Balaban J connectivity index is 1.69. The number of hydrogen-bond donors (Lipinski definition) is 1.